The first kappa shape index (κ1) is 10.5. The van der Waals surface area contributed by atoms with Crippen molar-refractivity contribution in [2.45, 2.75) is 18.8 Å². The van der Waals surface area contributed by atoms with Gasteiger partial charge in [0.15, 0.2) is 0 Å². The number of hydrogen-bond donors (Lipinski definition) is 3. The zero-order valence-corrected chi connectivity index (χ0v) is 8.57. The number of nitrogens with one attached hydrogen (secondary N) is 2. The van der Waals surface area contributed by atoms with E-state index in [2.05, 4.69) is 5.22 Å². The summed E-state index contributed by atoms with van der Waals surface area (Å²) in [7, 11) is 0. The third kappa shape index (κ3) is 1.73. The normalized spacial score (nSPS) is 14.6. The summed E-state index contributed by atoms with van der Waals surface area (Å²) < 4.78 is 13.3. The van der Waals surface area contributed by atoms with Crippen molar-refractivity contribution in [3.05, 3.63) is 23.5 Å². The van der Waals surface area contributed by atoms with Crippen molar-refractivity contribution in [1.29, 1.82) is 10.9 Å². The molecule has 1 aliphatic carbocycles. The second kappa shape index (κ2) is 3.88. The van der Waals surface area contributed by atoms with E-state index in [9.17, 15) is 4.39 Å². The molecule has 0 aromatic heterocycles. The summed E-state index contributed by atoms with van der Waals surface area (Å²) in [6.45, 7) is 0. The molecule has 0 saturated heterocycles. The highest BCUT2D eigenvalue weighted by Gasteiger charge is 2.28. The summed E-state index contributed by atoms with van der Waals surface area (Å²) in [5, 5.41) is 11.4. The fourth-order valence-electron chi connectivity index (χ4n) is 1.67. The van der Waals surface area contributed by atoms with Crippen molar-refractivity contribution in [2.24, 2.45) is 5.22 Å². The Kier molecular flexibility index (Phi) is 2.55. The maximum Gasteiger partial charge on any atom is 0.146 e. The van der Waals surface area contributed by atoms with Crippen LogP contribution in [0.3, 0.4) is 0 Å². The molecule has 1 aliphatic rings. The van der Waals surface area contributed by atoms with Crippen molar-refractivity contribution in [3.8, 4) is 0 Å². The quantitative estimate of drug-likeness (QED) is 0.240. The molecule has 0 aliphatic heterocycles. The van der Waals surface area contributed by atoms with Gasteiger partial charge < -0.3 is 5.73 Å². The molecule has 84 valence electrons. The summed E-state index contributed by atoms with van der Waals surface area (Å²) in [5.41, 5.74) is 13.7. The van der Waals surface area contributed by atoms with Crippen LogP contribution in [0.4, 0.5) is 15.8 Å². The smallest absolute Gasteiger partial charge is 0.146 e. The highest BCUT2D eigenvalue weighted by molar-refractivity contribution is 5.80. The van der Waals surface area contributed by atoms with E-state index in [0.29, 0.717) is 11.6 Å². The molecule has 1 saturated carbocycles. The molecule has 1 aromatic rings. The monoisotopic (exact) mass is 221 g/mol. The minimum atomic E-state index is -0.458. The first-order valence-electron chi connectivity index (χ1n) is 4.93. The van der Waals surface area contributed by atoms with Gasteiger partial charge in [-0.05, 0) is 36.5 Å². The van der Waals surface area contributed by atoms with Crippen molar-refractivity contribution >= 4 is 17.7 Å². The molecule has 0 heterocycles. The van der Waals surface area contributed by atoms with Crippen molar-refractivity contribution < 1.29 is 4.39 Å². The van der Waals surface area contributed by atoms with Crippen LogP contribution in [0.2, 0.25) is 0 Å². The number of nitrogens with two attached hydrogens (primary N) is 1. The largest absolute Gasteiger partial charge is 0.396 e. The van der Waals surface area contributed by atoms with E-state index in [1.807, 2.05) is 0 Å². The van der Waals surface area contributed by atoms with Crippen molar-refractivity contribution in [3.63, 3.8) is 0 Å². The number of anilines is 2. The van der Waals surface area contributed by atoms with E-state index in [-0.39, 0.29) is 5.69 Å². The number of benzene rings is 1. The lowest BCUT2D eigenvalue weighted by atomic mass is 10.1. The van der Waals surface area contributed by atoms with Gasteiger partial charge >= 0.3 is 0 Å². The van der Waals surface area contributed by atoms with Gasteiger partial charge in [0.25, 0.3) is 0 Å². The maximum absolute atomic E-state index is 13.3. The molecule has 0 radical (unpaired) electrons. The lowest BCUT2D eigenvalue weighted by molar-refractivity contribution is 0.630. The van der Waals surface area contributed by atoms with Crippen molar-refractivity contribution in [2.75, 3.05) is 10.7 Å². The van der Waals surface area contributed by atoms with Crippen LogP contribution in [-0.2, 0) is 0 Å². The predicted molar refractivity (Wildman–Crippen MR) is 59.2 cm³/mol. The first-order valence-corrected chi connectivity index (χ1v) is 4.93. The second-order valence-corrected chi connectivity index (χ2v) is 3.78. The third-order valence-corrected chi connectivity index (χ3v) is 2.64. The molecule has 0 atom stereocenters. The van der Waals surface area contributed by atoms with Crippen molar-refractivity contribution in [1.82, 2.24) is 0 Å². The van der Waals surface area contributed by atoms with Gasteiger partial charge in [-0.1, -0.05) is 5.22 Å². The van der Waals surface area contributed by atoms with Gasteiger partial charge in [0.2, 0.25) is 0 Å². The first-order chi connectivity index (χ1) is 7.67. The summed E-state index contributed by atoms with van der Waals surface area (Å²) >= 11 is 0. The molecule has 4 N–H and O–H groups in total. The standard InChI is InChI=1S/C10H12FN5/c11-8-3-7(6-1-2-6)10(4-9(8)13)16(5-12)15-14/h3-6,12,14H,1-2,13H2. The molecule has 0 amide bonds. The van der Waals surface area contributed by atoms with Crippen LogP contribution >= 0.6 is 0 Å². The molecule has 1 fully saturated rings. The Balaban J connectivity index is 2.52. The molecule has 2 rings (SSSR count). The molecule has 6 heteroatoms. The summed E-state index contributed by atoms with van der Waals surface area (Å²) in [6.07, 6.45) is 2.91. The lowest BCUT2D eigenvalue weighted by Gasteiger charge is -2.16. The Hall–Kier alpha value is -1.98. The average Bonchev–Trinajstić information content (AvgIpc) is 3.08. The van der Waals surface area contributed by atoms with E-state index in [1.54, 1.807) is 0 Å². The van der Waals surface area contributed by atoms with Crippen LogP contribution in [-0.4, -0.2) is 6.34 Å². The minimum absolute atomic E-state index is 0.00917. The van der Waals surface area contributed by atoms with E-state index in [1.165, 1.54) is 12.1 Å². The fourth-order valence-corrected chi connectivity index (χ4v) is 1.67. The Morgan fingerprint density at radius 2 is 2.19 bits per heavy atom. The van der Waals surface area contributed by atoms with Gasteiger partial charge in [0.05, 0.1) is 11.4 Å². The summed E-state index contributed by atoms with van der Waals surface area (Å²) in [4.78, 5) is 0. The zero-order valence-electron chi connectivity index (χ0n) is 8.57. The summed E-state index contributed by atoms with van der Waals surface area (Å²) in [6, 6.07) is 2.80. The molecular weight excluding hydrogens is 209 g/mol. The SMILES string of the molecule is N=CN(N=N)c1cc(N)c(F)cc1C1CC1. The fraction of sp³-hybridized carbons (Fsp3) is 0.300. The lowest BCUT2D eigenvalue weighted by Crippen LogP contribution is -2.14. The van der Waals surface area contributed by atoms with E-state index in [0.717, 1.165) is 29.8 Å². The zero-order chi connectivity index (χ0) is 11.7. The molecule has 1 aromatic carbocycles. The predicted octanol–water partition coefficient (Wildman–Crippen LogP) is 2.64. The highest BCUT2D eigenvalue weighted by Crippen LogP contribution is 2.45. The Bertz CT molecular complexity index is 433. The van der Waals surface area contributed by atoms with E-state index in [4.69, 9.17) is 16.7 Å². The molecule has 5 nitrogen and oxygen atoms in total. The van der Waals surface area contributed by atoms with Crippen LogP contribution < -0.4 is 10.7 Å². The van der Waals surface area contributed by atoms with Crippen LogP contribution in [0.1, 0.15) is 24.3 Å². The van der Waals surface area contributed by atoms with Crippen LogP contribution in [0.5, 0.6) is 0 Å². The summed E-state index contributed by atoms with van der Waals surface area (Å²) in [5.74, 6) is -0.158. The molecule has 0 spiro atoms. The van der Waals surface area contributed by atoms with E-state index < -0.39 is 5.82 Å². The number of hydrogen-bond acceptors (Lipinski definition) is 4. The van der Waals surface area contributed by atoms with Crippen LogP contribution in [0.15, 0.2) is 17.4 Å². The van der Waals surface area contributed by atoms with Crippen LogP contribution in [0.25, 0.3) is 0 Å². The van der Waals surface area contributed by atoms with Gasteiger partial charge in [-0.25, -0.2) is 9.40 Å². The number of nitrogens with zero attached hydrogens (tertiary/aromatic N) is 2. The highest BCUT2D eigenvalue weighted by atomic mass is 19.1. The van der Waals surface area contributed by atoms with Gasteiger partial charge in [0.1, 0.15) is 12.2 Å². The van der Waals surface area contributed by atoms with Gasteiger partial charge in [-0.2, -0.15) is 5.53 Å². The molecule has 0 unspecified atom stereocenters. The minimum Gasteiger partial charge on any atom is -0.396 e. The molecule has 16 heavy (non-hydrogen) atoms. The Labute approximate surface area is 92.0 Å². The van der Waals surface area contributed by atoms with E-state index >= 15 is 0 Å². The Morgan fingerprint density at radius 3 is 2.69 bits per heavy atom. The van der Waals surface area contributed by atoms with Gasteiger partial charge in [-0.3, -0.25) is 5.41 Å². The Morgan fingerprint density at radius 1 is 1.50 bits per heavy atom. The van der Waals surface area contributed by atoms with Crippen LogP contribution in [0, 0.1) is 16.8 Å². The topological polar surface area (TPSA) is 89.3 Å². The average molecular weight is 221 g/mol. The maximum atomic E-state index is 13.3. The third-order valence-electron chi connectivity index (χ3n) is 2.64. The molecular formula is C10H12FN5. The molecule has 0 bridgehead atoms. The second-order valence-electron chi connectivity index (χ2n) is 3.78. The number of rotatable bonds is 4. The number of nitrogen functional groups attached to an aromatic ring is 1. The van der Waals surface area contributed by atoms with Gasteiger partial charge in [-0.15, -0.1) is 0 Å². The number of halogens is 1. The van der Waals surface area contributed by atoms with Gasteiger partial charge in [0, 0.05) is 0 Å².